The molecule has 0 saturated heterocycles. The standard InChI is InChI=1S/C14H17O7P/c1-19-12-7-8-13(20-2)11(9-12)5-3-4-6-14(15)21-10-22(16,17)18/h3-9H,10H2,1-2H3,(H2,16,17,18)/b5-3+,6-4+. The van der Waals surface area contributed by atoms with Crippen molar-refractivity contribution in [1.82, 2.24) is 0 Å². The molecule has 0 aliphatic heterocycles. The first-order valence-electron chi connectivity index (χ1n) is 6.14. The normalized spacial score (nSPS) is 11.8. The van der Waals surface area contributed by atoms with Crippen LogP contribution in [0.2, 0.25) is 0 Å². The molecule has 0 bridgehead atoms. The third-order valence-electron chi connectivity index (χ3n) is 2.43. The van der Waals surface area contributed by atoms with Crippen LogP contribution < -0.4 is 9.47 Å². The minimum absolute atomic E-state index is 0.634. The van der Waals surface area contributed by atoms with Crippen molar-refractivity contribution in [2.75, 3.05) is 20.6 Å². The van der Waals surface area contributed by atoms with Crippen LogP contribution in [0.3, 0.4) is 0 Å². The monoisotopic (exact) mass is 328 g/mol. The van der Waals surface area contributed by atoms with Crippen LogP contribution in [-0.2, 0) is 14.1 Å². The summed E-state index contributed by atoms with van der Waals surface area (Å²) in [6.07, 6.45) is 4.76. The average Bonchev–Trinajstić information content (AvgIpc) is 2.48. The largest absolute Gasteiger partial charge is 0.497 e. The lowest BCUT2D eigenvalue weighted by Gasteiger charge is -2.06. The molecule has 0 atom stereocenters. The van der Waals surface area contributed by atoms with E-state index in [0.717, 1.165) is 11.6 Å². The van der Waals surface area contributed by atoms with Gasteiger partial charge in [0.05, 0.1) is 14.2 Å². The Labute approximate surface area is 128 Å². The molecule has 0 aromatic heterocycles. The minimum atomic E-state index is -4.35. The zero-order chi connectivity index (χ0) is 16.6. The third kappa shape index (κ3) is 6.58. The number of esters is 1. The summed E-state index contributed by atoms with van der Waals surface area (Å²) in [5.74, 6) is 0.450. The van der Waals surface area contributed by atoms with Gasteiger partial charge in [-0.25, -0.2) is 4.79 Å². The van der Waals surface area contributed by atoms with Gasteiger partial charge in [0.15, 0.2) is 6.35 Å². The second-order valence-electron chi connectivity index (χ2n) is 4.08. The number of ether oxygens (including phenoxy) is 3. The third-order valence-corrected chi connectivity index (χ3v) is 2.90. The molecule has 120 valence electrons. The van der Waals surface area contributed by atoms with Crippen molar-refractivity contribution in [2.45, 2.75) is 0 Å². The summed E-state index contributed by atoms with van der Waals surface area (Å²) in [6, 6.07) is 5.26. The van der Waals surface area contributed by atoms with Crippen molar-refractivity contribution >= 4 is 19.6 Å². The maximum absolute atomic E-state index is 11.2. The van der Waals surface area contributed by atoms with E-state index in [9.17, 15) is 9.36 Å². The molecule has 22 heavy (non-hydrogen) atoms. The molecule has 1 aromatic carbocycles. The van der Waals surface area contributed by atoms with Crippen molar-refractivity contribution in [2.24, 2.45) is 0 Å². The lowest BCUT2D eigenvalue weighted by Crippen LogP contribution is -2.02. The molecule has 0 radical (unpaired) electrons. The van der Waals surface area contributed by atoms with Crippen LogP contribution in [0, 0.1) is 0 Å². The van der Waals surface area contributed by atoms with E-state index in [-0.39, 0.29) is 0 Å². The van der Waals surface area contributed by atoms with Gasteiger partial charge in [0.25, 0.3) is 0 Å². The van der Waals surface area contributed by atoms with E-state index in [0.29, 0.717) is 11.5 Å². The van der Waals surface area contributed by atoms with Gasteiger partial charge < -0.3 is 24.0 Å². The Bertz CT molecular complexity index is 616. The molecule has 0 aliphatic carbocycles. The molecule has 1 aromatic rings. The second-order valence-corrected chi connectivity index (χ2v) is 5.67. The van der Waals surface area contributed by atoms with Gasteiger partial charge in [-0.3, -0.25) is 4.57 Å². The van der Waals surface area contributed by atoms with Crippen LogP contribution in [0.5, 0.6) is 11.5 Å². The predicted molar refractivity (Wildman–Crippen MR) is 80.7 cm³/mol. The molecule has 7 nitrogen and oxygen atoms in total. The number of carbonyl (C=O) groups excluding carboxylic acids is 1. The second kappa shape index (κ2) is 8.38. The van der Waals surface area contributed by atoms with Crippen LogP contribution in [0.15, 0.2) is 36.4 Å². The Hall–Kier alpha value is -2.08. The molecule has 1 rings (SSSR count). The van der Waals surface area contributed by atoms with Crippen molar-refractivity contribution in [3.05, 3.63) is 42.0 Å². The molecule has 0 amide bonds. The first-order valence-corrected chi connectivity index (χ1v) is 7.93. The van der Waals surface area contributed by atoms with Gasteiger partial charge in [0, 0.05) is 11.6 Å². The van der Waals surface area contributed by atoms with Gasteiger partial charge in [-0.2, -0.15) is 0 Å². The molecule has 0 heterocycles. The Morgan fingerprint density at radius 1 is 1.23 bits per heavy atom. The number of methoxy groups -OCH3 is 2. The first-order chi connectivity index (χ1) is 10.4. The van der Waals surface area contributed by atoms with Crippen LogP contribution in [0.25, 0.3) is 6.08 Å². The number of allylic oxidation sites excluding steroid dienone is 2. The highest BCUT2D eigenvalue weighted by molar-refractivity contribution is 7.51. The van der Waals surface area contributed by atoms with Crippen LogP contribution >= 0.6 is 7.60 Å². The minimum Gasteiger partial charge on any atom is -0.497 e. The van der Waals surface area contributed by atoms with Gasteiger partial charge in [0.2, 0.25) is 0 Å². The molecule has 2 N–H and O–H groups in total. The van der Waals surface area contributed by atoms with Gasteiger partial charge >= 0.3 is 13.6 Å². The van der Waals surface area contributed by atoms with Crippen LogP contribution in [-0.4, -0.2) is 36.3 Å². The maximum Gasteiger partial charge on any atom is 0.362 e. The zero-order valence-corrected chi connectivity index (χ0v) is 13.0. The smallest absolute Gasteiger partial charge is 0.362 e. The van der Waals surface area contributed by atoms with Crippen molar-refractivity contribution in [3.8, 4) is 11.5 Å². The fourth-order valence-electron chi connectivity index (χ4n) is 1.46. The Morgan fingerprint density at radius 3 is 2.55 bits per heavy atom. The average molecular weight is 328 g/mol. The molecule has 0 saturated carbocycles. The molecular weight excluding hydrogens is 311 g/mol. The number of benzene rings is 1. The molecule has 0 fully saturated rings. The van der Waals surface area contributed by atoms with Crippen molar-refractivity contribution < 1.29 is 33.4 Å². The number of rotatable bonds is 7. The summed E-state index contributed by atoms with van der Waals surface area (Å²) in [7, 11) is -1.27. The zero-order valence-electron chi connectivity index (χ0n) is 12.1. The summed E-state index contributed by atoms with van der Waals surface area (Å²) in [4.78, 5) is 28.3. The van der Waals surface area contributed by atoms with Gasteiger partial charge in [-0.1, -0.05) is 18.2 Å². The highest BCUT2D eigenvalue weighted by atomic mass is 31.2. The quantitative estimate of drug-likeness (QED) is 0.341. The Morgan fingerprint density at radius 2 is 1.95 bits per heavy atom. The summed E-state index contributed by atoms with van der Waals surface area (Å²) in [6.45, 7) is 0. The summed E-state index contributed by atoms with van der Waals surface area (Å²) < 4.78 is 25.2. The lowest BCUT2D eigenvalue weighted by atomic mass is 10.1. The van der Waals surface area contributed by atoms with E-state index in [4.69, 9.17) is 19.3 Å². The van der Waals surface area contributed by atoms with E-state index in [1.165, 1.54) is 13.2 Å². The van der Waals surface area contributed by atoms with E-state index in [2.05, 4.69) is 4.74 Å². The van der Waals surface area contributed by atoms with Gasteiger partial charge in [-0.15, -0.1) is 0 Å². The highest BCUT2D eigenvalue weighted by Crippen LogP contribution is 2.33. The van der Waals surface area contributed by atoms with E-state index >= 15 is 0 Å². The van der Waals surface area contributed by atoms with E-state index in [1.54, 1.807) is 37.5 Å². The summed E-state index contributed by atoms with van der Waals surface area (Å²) in [5.41, 5.74) is 0.745. The predicted octanol–water partition coefficient (Wildman–Crippen LogP) is 1.95. The molecule has 0 unspecified atom stereocenters. The van der Waals surface area contributed by atoms with Crippen LogP contribution in [0.4, 0.5) is 0 Å². The lowest BCUT2D eigenvalue weighted by molar-refractivity contribution is -0.136. The SMILES string of the molecule is COc1ccc(OC)c(/C=C/C=C/C(=O)OCP(=O)(O)O)c1. The Balaban J connectivity index is 2.67. The van der Waals surface area contributed by atoms with Gasteiger partial charge in [-0.05, 0) is 18.2 Å². The molecule has 0 aliphatic rings. The highest BCUT2D eigenvalue weighted by Gasteiger charge is 2.14. The number of hydrogen-bond acceptors (Lipinski definition) is 5. The van der Waals surface area contributed by atoms with E-state index < -0.39 is 19.9 Å². The topological polar surface area (TPSA) is 102 Å². The molecular formula is C14H17O7P. The Kier molecular flexibility index (Phi) is 6.85. The summed E-state index contributed by atoms with van der Waals surface area (Å²) >= 11 is 0. The van der Waals surface area contributed by atoms with E-state index in [1.807, 2.05) is 0 Å². The maximum atomic E-state index is 11.2. The molecule has 8 heteroatoms. The number of hydrogen-bond donors (Lipinski definition) is 2. The fourth-order valence-corrected chi connectivity index (χ4v) is 1.75. The van der Waals surface area contributed by atoms with Gasteiger partial charge in [0.1, 0.15) is 11.5 Å². The first kappa shape index (κ1) is 18.0. The molecule has 0 spiro atoms. The van der Waals surface area contributed by atoms with Crippen LogP contribution in [0.1, 0.15) is 5.56 Å². The van der Waals surface area contributed by atoms with Crippen molar-refractivity contribution in [1.29, 1.82) is 0 Å². The summed E-state index contributed by atoms with van der Waals surface area (Å²) in [5, 5.41) is 0. The fraction of sp³-hybridized carbons (Fsp3) is 0.214. The number of carbonyl (C=O) groups is 1. The van der Waals surface area contributed by atoms with Crippen molar-refractivity contribution in [3.63, 3.8) is 0 Å².